The van der Waals surface area contributed by atoms with Crippen LogP contribution >= 0.6 is 0 Å². The highest BCUT2D eigenvalue weighted by Crippen LogP contribution is 2.27. The summed E-state index contributed by atoms with van der Waals surface area (Å²) in [5.74, 6) is -0.170. The van der Waals surface area contributed by atoms with Crippen molar-refractivity contribution in [3.8, 4) is 0 Å². The van der Waals surface area contributed by atoms with E-state index in [1.165, 1.54) is 7.11 Å². The fourth-order valence-corrected chi connectivity index (χ4v) is 1.90. The molecule has 0 aromatic carbocycles. The molecule has 1 aliphatic carbocycles. The van der Waals surface area contributed by atoms with Crippen molar-refractivity contribution in [3.63, 3.8) is 0 Å². The van der Waals surface area contributed by atoms with Gasteiger partial charge in [0.2, 0.25) is 5.91 Å². The van der Waals surface area contributed by atoms with E-state index in [9.17, 15) is 4.79 Å². The minimum Gasteiger partial charge on any atom is -0.394 e. The molecule has 0 aromatic rings. The molecule has 1 saturated carbocycles. The Kier molecular flexibility index (Phi) is 4.50. The van der Waals surface area contributed by atoms with E-state index in [1.54, 1.807) is 0 Å². The number of carbonyl (C=O) groups excluding carboxylic acids is 1. The summed E-state index contributed by atoms with van der Waals surface area (Å²) < 4.78 is 4.88. The lowest BCUT2D eigenvalue weighted by molar-refractivity contribution is -0.127. The average Bonchev–Trinajstić information content (AvgIpc) is 2.65. The van der Waals surface area contributed by atoms with Crippen LogP contribution in [0, 0.1) is 0 Å². The number of aliphatic hydroxyl groups is 1. The molecular weight excluding hydrogens is 196 g/mol. The van der Waals surface area contributed by atoms with E-state index in [2.05, 4.69) is 5.32 Å². The Labute approximate surface area is 90.0 Å². The van der Waals surface area contributed by atoms with E-state index in [0.29, 0.717) is 6.61 Å². The van der Waals surface area contributed by atoms with Crippen LogP contribution in [0.3, 0.4) is 0 Å². The van der Waals surface area contributed by atoms with Crippen molar-refractivity contribution < 1.29 is 14.6 Å². The highest BCUT2D eigenvalue weighted by atomic mass is 16.5. The first-order valence-corrected chi connectivity index (χ1v) is 5.32. The lowest BCUT2D eigenvalue weighted by atomic mass is 9.98. The fourth-order valence-electron chi connectivity index (χ4n) is 1.90. The SMILES string of the molecule is COCC(CO)NC(=O)C1(N)CCCC1. The van der Waals surface area contributed by atoms with E-state index < -0.39 is 5.54 Å². The van der Waals surface area contributed by atoms with Gasteiger partial charge in [0.25, 0.3) is 0 Å². The summed E-state index contributed by atoms with van der Waals surface area (Å²) >= 11 is 0. The van der Waals surface area contributed by atoms with Gasteiger partial charge in [-0.1, -0.05) is 12.8 Å². The molecule has 0 aromatic heterocycles. The lowest BCUT2D eigenvalue weighted by Gasteiger charge is -2.25. The van der Waals surface area contributed by atoms with Gasteiger partial charge < -0.3 is 20.9 Å². The predicted octanol–water partition coefficient (Wildman–Crippen LogP) is -0.619. The normalized spacial score (nSPS) is 21.3. The van der Waals surface area contributed by atoms with E-state index in [-0.39, 0.29) is 18.6 Å². The van der Waals surface area contributed by atoms with Crippen LogP contribution < -0.4 is 11.1 Å². The number of amides is 1. The van der Waals surface area contributed by atoms with Gasteiger partial charge in [-0.2, -0.15) is 0 Å². The Morgan fingerprint density at radius 3 is 2.67 bits per heavy atom. The van der Waals surface area contributed by atoms with Gasteiger partial charge in [0.05, 0.1) is 24.8 Å². The fraction of sp³-hybridized carbons (Fsp3) is 0.900. The lowest BCUT2D eigenvalue weighted by Crippen LogP contribution is -2.56. The van der Waals surface area contributed by atoms with E-state index in [0.717, 1.165) is 25.7 Å². The van der Waals surface area contributed by atoms with Crippen molar-refractivity contribution in [1.29, 1.82) is 0 Å². The van der Waals surface area contributed by atoms with Gasteiger partial charge >= 0.3 is 0 Å². The highest BCUT2D eigenvalue weighted by molar-refractivity contribution is 5.86. The van der Waals surface area contributed by atoms with Crippen LogP contribution in [0.1, 0.15) is 25.7 Å². The van der Waals surface area contributed by atoms with Crippen molar-refractivity contribution in [2.45, 2.75) is 37.3 Å². The molecule has 88 valence electrons. The van der Waals surface area contributed by atoms with Gasteiger partial charge in [0.1, 0.15) is 0 Å². The summed E-state index contributed by atoms with van der Waals surface area (Å²) in [7, 11) is 1.53. The first-order valence-electron chi connectivity index (χ1n) is 5.32. The third kappa shape index (κ3) is 3.15. The number of nitrogens with two attached hydrogens (primary N) is 1. The number of ether oxygens (including phenoxy) is 1. The first-order chi connectivity index (χ1) is 7.12. The predicted molar refractivity (Wildman–Crippen MR) is 56.3 cm³/mol. The Morgan fingerprint density at radius 1 is 1.60 bits per heavy atom. The van der Waals surface area contributed by atoms with E-state index in [4.69, 9.17) is 15.6 Å². The van der Waals surface area contributed by atoms with Gasteiger partial charge in [-0.25, -0.2) is 0 Å². The molecule has 0 radical (unpaired) electrons. The molecule has 0 heterocycles. The largest absolute Gasteiger partial charge is 0.394 e. The van der Waals surface area contributed by atoms with Gasteiger partial charge in [-0.15, -0.1) is 0 Å². The monoisotopic (exact) mass is 216 g/mol. The van der Waals surface area contributed by atoms with Gasteiger partial charge in [0.15, 0.2) is 0 Å². The van der Waals surface area contributed by atoms with Gasteiger partial charge in [-0.3, -0.25) is 4.79 Å². The van der Waals surface area contributed by atoms with Crippen LogP contribution in [0.4, 0.5) is 0 Å². The molecule has 4 N–H and O–H groups in total. The Morgan fingerprint density at radius 2 is 2.20 bits per heavy atom. The summed E-state index contributed by atoms with van der Waals surface area (Å²) in [5, 5.41) is 11.7. The number of methoxy groups -OCH3 is 1. The first kappa shape index (κ1) is 12.4. The number of hydrogen-bond donors (Lipinski definition) is 3. The molecule has 0 saturated heterocycles. The molecule has 5 nitrogen and oxygen atoms in total. The molecule has 5 heteroatoms. The van der Waals surface area contributed by atoms with Crippen LogP contribution in [-0.2, 0) is 9.53 Å². The zero-order valence-electron chi connectivity index (χ0n) is 9.16. The molecular formula is C10H20N2O3. The molecule has 1 rings (SSSR count). The third-order valence-electron chi connectivity index (χ3n) is 2.87. The minimum absolute atomic E-state index is 0.129. The van der Waals surface area contributed by atoms with Crippen molar-refractivity contribution in [1.82, 2.24) is 5.32 Å². The number of hydrogen-bond acceptors (Lipinski definition) is 4. The molecule has 1 atom stereocenters. The summed E-state index contributed by atoms with van der Waals surface area (Å²) in [5.41, 5.74) is 5.23. The topological polar surface area (TPSA) is 84.6 Å². The Hall–Kier alpha value is -0.650. The molecule has 1 aliphatic rings. The molecule has 0 aliphatic heterocycles. The number of rotatable bonds is 5. The van der Waals surface area contributed by atoms with Gasteiger partial charge in [-0.05, 0) is 12.8 Å². The Bertz CT molecular complexity index is 215. The van der Waals surface area contributed by atoms with Crippen LogP contribution in [0.2, 0.25) is 0 Å². The van der Waals surface area contributed by atoms with Crippen molar-refractivity contribution in [2.75, 3.05) is 20.3 Å². The zero-order chi connectivity index (χ0) is 11.3. The maximum absolute atomic E-state index is 11.8. The quantitative estimate of drug-likeness (QED) is 0.572. The van der Waals surface area contributed by atoms with Crippen LogP contribution in [0.25, 0.3) is 0 Å². The average molecular weight is 216 g/mol. The maximum atomic E-state index is 11.8. The number of carbonyl (C=O) groups is 1. The smallest absolute Gasteiger partial charge is 0.240 e. The summed E-state index contributed by atoms with van der Waals surface area (Å²) in [6, 6.07) is -0.358. The Balaban J connectivity index is 2.45. The van der Waals surface area contributed by atoms with E-state index >= 15 is 0 Å². The van der Waals surface area contributed by atoms with Crippen LogP contribution in [-0.4, -0.2) is 42.9 Å². The molecule has 1 amide bonds. The van der Waals surface area contributed by atoms with Crippen molar-refractivity contribution in [3.05, 3.63) is 0 Å². The van der Waals surface area contributed by atoms with Crippen LogP contribution in [0.5, 0.6) is 0 Å². The second-order valence-corrected chi connectivity index (χ2v) is 4.17. The van der Waals surface area contributed by atoms with Crippen molar-refractivity contribution >= 4 is 5.91 Å². The van der Waals surface area contributed by atoms with Crippen LogP contribution in [0.15, 0.2) is 0 Å². The molecule has 15 heavy (non-hydrogen) atoms. The van der Waals surface area contributed by atoms with E-state index in [1.807, 2.05) is 0 Å². The van der Waals surface area contributed by atoms with Gasteiger partial charge in [0, 0.05) is 7.11 Å². The minimum atomic E-state index is -0.735. The summed E-state index contributed by atoms with van der Waals surface area (Å²) in [4.78, 5) is 11.8. The second-order valence-electron chi connectivity index (χ2n) is 4.17. The molecule has 0 bridgehead atoms. The number of nitrogens with one attached hydrogen (secondary N) is 1. The molecule has 1 unspecified atom stereocenters. The third-order valence-corrected chi connectivity index (χ3v) is 2.87. The standard InChI is InChI=1S/C10H20N2O3/c1-15-7-8(6-13)12-9(14)10(11)4-2-3-5-10/h8,13H,2-7,11H2,1H3,(H,12,14). The maximum Gasteiger partial charge on any atom is 0.240 e. The zero-order valence-corrected chi connectivity index (χ0v) is 9.16. The molecule has 0 spiro atoms. The number of aliphatic hydroxyl groups excluding tert-OH is 1. The summed E-state index contributed by atoms with van der Waals surface area (Å²) in [6.07, 6.45) is 3.45. The second kappa shape index (κ2) is 5.44. The summed E-state index contributed by atoms with van der Waals surface area (Å²) in [6.45, 7) is 0.175. The highest BCUT2D eigenvalue weighted by Gasteiger charge is 2.37. The molecule has 1 fully saturated rings. The van der Waals surface area contributed by atoms with Crippen molar-refractivity contribution in [2.24, 2.45) is 5.73 Å².